The number of carbonyl (C=O) groups excluding carboxylic acids is 1. The van der Waals surface area contributed by atoms with Gasteiger partial charge >= 0.3 is 0 Å². The minimum Gasteiger partial charge on any atom is -0.393 e. The van der Waals surface area contributed by atoms with Crippen molar-refractivity contribution in [3.8, 4) is 5.69 Å². The molecule has 1 heterocycles. The highest BCUT2D eigenvalue weighted by Gasteiger charge is 2.11. The molecule has 2 N–H and O–H groups in total. The smallest absolute Gasteiger partial charge is 0.271 e. The number of aliphatic hydroxyl groups excluding tert-OH is 1. The zero-order valence-corrected chi connectivity index (χ0v) is 12.0. The number of hydrogen-bond donors (Lipinski definition) is 2. The predicted molar refractivity (Wildman–Crippen MR) is 78.8 cm³/mol. The van der Waals surface area contributed by atoms with E-state index in [0.29, 0.717) is 18.7 Å². The molecule has 0 bridgehead atoms. The molecular weight excluding hydrogens is 288 g/mol. The van der Waals surface area contributed by atoms with Gasteiger partial charge in [0.2, 0.25) is 0 Å². The number of amides is 1. The van der Waals surface area contributed by atoms with Crippen molar-refractivity contribution in [1.29, 1.82) is 0 Å². The molecule has 0 aliphatic heterocycles. The van der Waals surface area contributed by atoms with Crippen LogP contribution in [0.5, 0.6) is 0 Å². The molecule has 0 radical (unpaired) electrons. The lowest BCUT2D eigenvalue weighted by atomic mass is 10.3. The van der Waals surface area contributed by atoms with Crippen LogP contribution in [0.1, 0.15) is 23.8 Å². The third-order valence-corrected chi connectivity index (χ3v) is 2.99. The van der Waals surface area contributed by atoms with Crippen LogP contribution >= 0.6 is 0 Å². The van der Waals surface area contributed by atoms with Crippen LogP contribution in [0.3, 0.4) is 0 Å². The van der Waals surface area contributed by atoms with Gasteiger partial charge in [0.05, 0.1) is 16.7 Å². The standard InChI is InChI=1S/C14H16N4O4/c1-10(19)6-8-15-14(20)13-7-9-17(16-13)11-2-4-12(5-3-11)18(21)22/h2-5,7,9-10,19H,6,8H2,1H3,(H,15,20). The Kier molecular flexibility index (Phi) is 4.84. The number of non-ortho nitro benzene ring substituents is 1. The number of carbonyl (C=O) groups is 1. The average Bonchev–Trinajstić information content (AvgIpc) is 2.96. The van der Waals surface area contributed by atoms with Gasteiger partial charge in [-0.1, -0.05) is 0 Å². The van der Waals surface area contributed by atoms with E-state index in [-0.39, 0.29) is 17.3 Å². The molecular formula is C14H16N4O4. The highest BCUT2D eigenvalue weighted by molar-refractivity contribution is 5.92. The van der Waals surface area contributed by atoms with E-state index < -0.39 is 11.0 Å². The maximum Gasteiger partial charge on any atom is 0.271 e. The van der Waals surface area contributed by atoms with Gasteiger partial charge in [-0.15, -0.1) is 0 Å². The van der Waals surface area contributed by atoms with Crippen LogP contribution < -0.4 is 5.32 Å². The minimum absolute atomic E-state index is 0.00741. The lowest BCUT2D eigenvalue weighted by molar-refractivity contribution is -0.384. The number of aromatic nitrogens is 2. The summed E-state index contributed by atoms with van der Waals surface area (Å²) in [5.41, 5.74) is 0.851. The van der Waals surface area contributed by atoms with Crippen molar-refractivity contribution < 1.29 is 14.8 Å². The van der Waals surface area contributed by atoms with Crippen LogP contribution in [0.25, 0.3) is 5.69 Å². The Morgan fingerprint density at radius 2 is 2.09 bits per heavy atom. The van der Waals surface area contributed by atoms with Gasteiger partial charge in [-0.3, -0.25) is 14.9 Å². The second kappa shape index (κ2) is 6.81. The second-order valence-electron chi connectivity index (χ2n) is 4.81. The number of nitrogens with zero attached hydrogens (tertiary/aromatic N) is 3. The molecule has 1 amide bonds. The number of benzene rings is 1. The number of nitro benzene ring substituents is 1. The van der Waals surface area contributed by atoms with Gasteiger partial charge in [0, 0.05) is 24.9 Å². The fourth-order valence-electron chi connectivity index (χ4n) is 1.80. The molecule has 22 heavy (non-hydrogen) atoms. The predicted octanol–water partition coefficient (Wildman–Crippen LogP) is 1.28. The van der Waals surface area contributed by atoms with Gasteiger partial charge in [-0.25, -0.2) is 4.68 Å². The quantitative estimate of drug-likeness (QED) is 0.617. The molecule has 1 aromatic carbocycles. The third-order valence-electron chi connectivity index (χ3n) is 2.99. The maximum atomic E-state index is 11.9. The monoisotopic (exact) mass is 304 g/mol. The van der Waals surface area contributed by atoms with E-state index in [1.165, 1.54) is 16.8 Å². The first-order valence-corrected chi connectivity index (χ1v) is 6.74. The first-order chi connectivity index (χ1) is 10.5. The molecule has 0 saturated heterocycles. The summed E-state index contributed by atoms with van der Waals surface area (Å²) < 4.78 is 1.47. The Morgan fingerprint density at radius 3 is 2.68 bits per heavy atom. The lowest BCUT2D eigenvalue weighted by Crippen LogP contribution is -2.27. The largest absolute Gasteiger partial charge is 0.393 e. The summed E-state index contributed by atoms with van der Waals surface area (Å²) in [6, 6.07) is 7.42. The third kappa shape index (κ3) is 3.89. The van der Waals surface area contributed by atoms with Gasteiger partial charge in [0.25, 0.3) is 11.6 Å². The summed E-state index contributed by atoms with van der Waals surface area (Å²) in [5.74, 6) is -0.332. The zero-order chi connectivity index (χ0) is 16.1. The van der Waals surface area contributed by atoms with Crippen molar-refractivity contribution in [2.75, 3.05) is 6.54 Å². The van der Waals surface area contributed by atoms with E-state index in [4.69, 9.17) is 5.11 Å². The molecule has 2 rings (SSSR count). The first kappa shape index (κ1) is 15.6. The van der Waals surface area contributed by atoms with E-state index >= 15 is 0 Å². The zero-order valence-electron chi connectivity index (χ0n) is 12.0. The van der Waals surface area contributed by atoms with Crippen molar-refractivity contribution in [1.82, 2.24) is 15.1 Å². The SMILES string of the molecule is CC(O)CCNC(=O)c1ccn(-c2ccc([N+](=O)[O-])cc2)n1. The Labute approximate surface area is 126 Å². The van der Waals surface area contributed by atoms with Crippen molar-refractivity contribution in [3.05, 3.63) is 52.3 Å². The second-order valence-corrected chi connectivity index (χ2v) is 4.81. The van der Waals surface area contributed by atoms with Gasteiger partial charge in [0.1, 0.15) is 0 Å². The molecule has 2 aromatic rings. The number of hydrogen-bond acceptors (Lipinski definition) is 5. The number of nitro groups is 1. The number of aliphatic hydroxyl groups is 1. The molecule has 0 aliphatic rings. The number of rotatable bonds is 6. The molecule has 0 aliphatic carbocycles. The number of nitrogens with one attached hydrogen (secondary N) is 1. The van der Waals surface area contributed by atoms with Crippen molar-refractivity contribution in [3.63, 3.8) is 0 Å². The Hall–Kier alpha value is -2.74. The molecule has 0 fully saturated rings. The molecule has 8 heteroatoms. The molecule has 0 spiro atoms. The summed E-state index contributed by atoms with van der Waals surface area (Å²) >= 11 is 0. The molecule has 1 aromatic heterocycles. The maximum absolute atomic E-state index is 11.9. The lowest BCUT2D eigenvalue weighted by Gasteiger charge is -2.05. The van der Waals surface area contributed by atoms with Gasteiger partial charge in [0.15, 0.2) is 5.69 Å². The van der Waals surface area contributed by atoms with Gasteiger partial charge in [-0.05, 0) is 31.5 Å². The van der Waals surface area contributed by atoms with Crippen LogP contribution in [0, 0.1) is 10.1 Å². The Bertz CT molecular complexity index is 664. The average molecular weight is 304 g/mol. The Balaban J connectivity index is 2.04. The van der Waals surface area contributed by atoms with E-state index in [1.54, 1.807) is 31.3 Å². The van der Waals surface area contributed by atoms with Gasteiger partial charge in [-0.2, -0.15) is 5.10 Å². The minimum atomic E-state index is -0.478. The fraction of sp³-hybridized carbons (Fsp3) is 0.286. The van der Waals surface area contributed by atoms with E-state index in [0.717, 1.165) is 0 Å². The first-order valence-electron chi connectivity index (χ1n) is 6.74. The van der Waals surface area contributed by atoms with E-state index in [2.05, 4.69) is 10.4 Å². The van der Waals surface area contributed by atoms with Crippen LogP contribution in [-0.2, 0) is 0 Å². The molecule has 1 unspecified atom stereocenters. The van der Waals surface area contributed by atoms with Crippen molar-refractivity contribution in [2.45, 2.75) is 19.4 Å². The normalized spacial score (nSPS) is 11.9. The summed E-state index contributed by atoms with van der Waals surface area (Å²) in [6.45, 7) is 2.01. The summed E-state index contributed by atoms with van der Waals surface area (Å²) in [5, 5.41) is 26.5. The van der Waals surface area contributed by atoms with Gasteiger partial charge < -0.3 is 10.4 Å². The van der Waals surface area contributed by atoms with Crippen LogP contribution in [0.4, 0.5) is 5.69 Å². The van der Waals surface area contributed by atoms with Crippen molar-refractivity contribution in [2.24, 2.45) is 0 Å². The Morgan fingerprint density at radius 1 is 1.41 bits per heavy atom. The fourth-order valence-corrected chi connectivity index (χ4v) is 1.80. The van der Waals surface area contributed by atoms with Crippen LogP contribution in [-0.4, -0.2) is 38.4 Å². The topological polar surface area (TPSA) is 110 Å². The van der Waals surface area contributed by atoms with Crippen molar-refractivity contribution >= 4 is 11.6 Å². The molecule has 116 valence electrons. The molecule has 0 saturated carbocycles. The van der Waals surface area contributed by atoms with Crippen LogP contribution in [0.15, 0.2) is 36.5 Å². The summed E-state index contributed by atoms with van der Waals surface area (Å²) in [6.07, 6.45) is 1.59. The molecule has 8 nitrogen and oxygen atoms in total. The van der Waals surface area contributed by atoms with E-state index in [1.807, 2.05) is 0 Å². The highest BCUT2D eigenvalue weighted by atomic mass is 16.6. The van der Waals surface area contributed by atoms with E-state index in [9.17, 15) is 14.9 Å². The highest BCUT2D eigenvalue weighted by Crippen LogP contribution is 2.14. The summed E-state index contributed by atoms with van der Waals surface area (Å²) in [4.78, 5) is 22.0. The summed E-state index contributed by atoms with van der Waals surface area (Å²) in [7, 11) is 0. The van der Waals surface area contributed by atoms with Crippen LogP contribution in [0.2, 0.25) is 0 Å². The molecule has 1 atom stereocenters.